The maximum Gasteiger partial charge on any atom is 0.264 e. The Kier molecular flexibility index (Phi) is 3.83. The minimum Gasteiger partial charge on any atom is -0.263 e. The van der Waals surface area contributed by atoms with Gasteiger partial charge in [-0.25, -0.2) is 17.8 Å². The summed E-state index contributed by atoms with van der Waals surface area (Å²) in [7, 11) is -4.03. The number of hydrogen-bond donors (Lipinski definition) is 1. The van der Waals surface area contributed by atoms with Gasteiger partial charge in [-0.3, -0.25) is 9.71 Å². The molecule has 19 heavy (non-hydrogen) atoms. The Morgan fingerprint density at radius 1 is 1.16 bits per heavy atom. The van der Waals surface area contributed by atoms with E-state index in [2.05, 4.69) is 19.7 Å². The first kappa shape index (κ1) is 13.9. The number of pyridine rings is 1. The molecule has 2 aromatic rings. The van der Waals surface area contributed by atoms with Gasteiger partial charge in [0.05, 0.1) is 6.20 Å². The summed E-state index contributed by atoms with van der Waals surface area (Å²) in [5.74, 6) is -0.907. The highest BCUT2D eigenvalue weighted by molar-refractivity contribution is 7.92. The molecule has 100 valence electrons. The van der Waals surface area contributed by atoms with E-state index in [1.54, 1.807) is 0 Å². The molecule has 0 saturated heterocycles. The molecule has 2 rings (SSSR count). The molecule has 2 aromatic heterocycles. The summed E-state index contributed by atoms with van der Waals surface area (Å²) >= 11 is 11.1. The third kappa shape index (κ3) is 3.49. The highest BCUT2D eigenvalue weighted by Gasteiger charge is 2.17. The summed E-state index contributed by atoms with van der Waals surface area (Å²) in [4.78, 5) is 10.3. The summed E-state index contributed by atoms with van der Waals surface area (Å²) in [5, 5.41) is -0.252. The maximum atomic E-state index is 12.9. The first-order chi connectivity index (χ1) is 8.87. The van der Waals surface area contributed by atoms with Crippen molar-refractivity contribution in [3.05, 3.63) is 40.8 Å². The Balaban J connectivity index is 2.36. The van der Waals surface area contributed by atoms with Gasteiger partial charge in [-0.2, -0.15) is 4.98 Å². The zero-order valence-corrected chi connectivity index (χ0v) is 11.3. The minimum absolute atomic E-state index is 0.0323. The summed E-state index contributed by atoms with van der Waals surface area (Å²) in [5.41, 5.74) is 0. The Labute approximate surface area is 117 Å². The molecule has 0 aliphatic rings. The second-order valence-corrected chi connectivity index (χ2v) is 5.70. The van der Waals surface area contributed by atoms with Crippen LogP contribution in [-0.2, 0) is 10.0 Å². The van der Waals surface area contributed by atoms with Crippen LogP contribution in [0, 0.1) is 5.82 Å². The molecule has 0 unspecified atom stereocenters. The van der Waals surface area contributed by atoms with Crippen molar-refractivity contribution >= 4 is 39.0 Å². The number of anilines is 1. The zero-order valence-electron chi connectivity index (χ0n) is 9.01. The van der Waals surface area contributed by atoms with Crippen molar-refractivity contribution in [2.45, 2.75) is 4.90 Å². The van der Waals surface area contributed by atoms with Crippen molar-refractivity contribution in [2.24, 2.45) is 0 Å². The predicted molar refractivity (Wildman–Crippen MR) is 67.1 cm³/mol. The molecule has 0 aromatic carbocycles. The summed E-state index contributed by atoms with van der Waals surface area (Å²) in [6.45, 7) is 0. The summed E-state index contributed by atoms with van der Waals surface area (Å²) < 4.78 is 38.9. The van der Waals surface area contributed by atoms with Gasteiger partial charge in [0.15, 0.2) is 0 Å². The molecular weight excluding hydrogens is 318 g/mol. The molecule has 0 atom stereocenters. The van der Waals surface area contributed by atoms with Gasteiger partial charge in [0, 0.05) is 12.3 Å². The molecule has 0 spiro atoms. The molecule has 0 amide bonds. The van der Waals surface area contributed by atoms with E-state index in [0.717, 1.165) is 24.5 Å². The zero-order chi connectivity index (χ0) is 14.0. The Morgan fingerprint density at radius 2 is 1.89 bits per heavy atom. The van der Waals surface area contributed by atoms with Crippen LogP contribution >= 0.6 is 23.2 Å². The van der Waals surface area contributed by atoms with E-state index in [0.29, 0.717) is 0 Å². The number of aromatic nitrogens is 3. The summed E-state index contributed by atoms with van der Waals surface area (Å²) in [6.07, 6.45) is 1.88. The molecule has 2 heterocycles. The van der Waals surface area contributed by atoms with Gasteiger partial charge in [0.2, 0.25) is 5.28 Å². The van der Waals surface area contributed by atoms with E-state index in [9.17, 15) is 12.8 Å². The first-order valence-corrected chi connectivity index (χ1v) is 6.94. The van der Waals surface area contributed by atoms with Crippen LogP contribution in [0.2, 0.25) is 10.4 Å². The van der Waals surface area contributed by atoms with Crippen molar-refractivity contribution in [1.29, 1.82) is 0 Å². The molecule has 0 bridgehead atoms. The Bertz CT molecular complexity index is 706. The minimum atomic E-state index is -4.03. The van der Waals surface area contributed by atoms with E-state index in [-0.39, 0.29) is 21.2 Å². The van der Waals surface area contributed by atoms with Gasteiger partial charge < -0.3 is 0 Å². The number of rotatable bonds is 3. The number of nitrogens with zero attached hydrogens (tertiary/aromatic N) is 3. The molecule has 0 radical (unpaired) electrons. The highest BCUT2D eigenvalue weighted by Crippen LogP contribution is 2.18. The molecule has 0 saturated carbocycles. The first-order valence-electron chi connectivity index (χ1n) is 4.70. The average molecular weight is 323 g/mol. The fraction of sp³-hybridized carbons (Fsp3) is 0. The topological polar surface area (TPSA) is 84.8 Å². The van der Waals surface area contributed by atoms with Crippen molar-refractivity contribution in [1.82, 2.24) is 15.0 Å². The average Bonchev–Trinajstić information content (AvgIpc) is 2.26. The maximum absolute atomic E-state index is 12.9. The predicted octanol–water partition coefficient (Wildman–Crippen LogP) is 2.12. The van der Waals surface area contributed by atoms with Gasteiger partial charge in [0.25, 0.3) is 10.0 Å². The number of hydrogen-bond acceptors (Lipinski definition) is 5. The van der Waals surface area contributed by atoms with Gasteiger partial charge in [-0.15, -0.1) is 0 Å². The van der Waals surface area contributed by atoms with Crippen molar-refractivity contribution in [3.8, 4) is 0 Å². The normalized spacial score (nSPS) is 11.3. The lowest BCUT2D eigenvalue weighted by Crippen LogP contribution is -2.14. The molecule has 0 aliphatic heterocycles. The smallest absolute Gasteiger partial charge is 0.263 e. The molecule has 10 heteroatoms. The largest absolute Gasteiger partial charge is 0.264 e. The summed E-state index contributed by atoms with van der Waals surface area (Å²) in [6, 6.07) is 1.98. The van der Waals surface area contributed by atoms with Crippen molar-refractivity contribution < 1.29 is 12.8 Å². The van der Waals surface area contributed by atoms with E-state index in [4.69, 9.17) is 23.2 Å². The van der Waals surface area contributed by atoms with Gasteiger partial charge in [0.1, 0.15) is 21.7 Å². The third-order valence-electron chi connectivity index (χ3n) is 1.90. The lowest BCUT2D eigenvalue weighted by Gasteiger charge is -2.07. The second kappa shape index (κ2) is 5.24. The van der Waals surface area contributed by atoms with Gasteiger partial charge >= 0.3 is 0 Å². The van der Waals surface area contributed by atoms with E-state index in [1.807, 2.05) is 0 Å². The lowest BCUT2D eigenvalue weighted by atomic mass is 10.5. The van der Waals surface area contributed by atoms with Crippen LogP contribution < -0.4 is 4.72 Å². The third-order valence-corrected chi connectivity index (χ3v) is 3.58. The van der Waals surface area contributed by atoms with Crippen LogP contribution in [-0.4, -0.2) is 23.4 Å². The van der Waals surface area contributed by atoms with Crippen LogP contribution in [0.15, 0.2) is 29.4 Å². The molecular formula is C9H5Cl2FN4O2S. The SMILES string of the molecule is O=S(=O)(Nc1cc(Cl)nc(Cl)n1)c1cncc(F)c1. The number of halogens is 3. The van der Waals surface area contributed by atoms with E-state index >= 15 is 0 Å². The van der Waals surface area contributed by atoms with Crippen LogP contribution in [0.25, 0.3) is 0 Å². The molecule has 1 N–H and O–H groups in total. The highest BCUT2D eigenvalue weighted by atomic mass is 35.5. The van der Waals surface area contributed by atoms with E-state index < -0.39 is 15.8 Å². The Morgan fingerprint density at radius 3 is 2.53 bits per heavy atom. The fourth-order valence-corrected chi connectivity index (χ4v) is 2.55. The fourth-order valence-electron chi connectivity index (χ4n) is 1.18. The molecule has 0 fully saturated rings. The van der Waals surface area contributed by atoms with Crippen LogP contribution in [0.4, 0.5) is 10.2 Å². The number of sulfonamides is 1. The lowest BCUT2D eigenvalue weighted by molar-refractivity contribution is 0.592. The van der Waals surface area contributed by atoms with Gasteiger partial charge in [-0.1, -0.05) is 11.6 Å². The van der Waals surface area contributed by atoms with Crippen molar-refractivity contribution in [2.75, 3.05) is 4.72 Å². The quantitative estimate of drug-likeness (QED) is 0.691. The molecule has 6 nitrogen and oxygen atoms in total. The van der Waals surface area contributed by atoms with Crippen LogP contribution in [0.3, 0.4) is 0 Å². The second-order valence-electron chi connectivity index (χ2n) is 3.29. The molecule has 0 aliphatic carbocycles. The Hall–Kier alpha value is -1.51. The van der Waals surface area contributed by atoms with Gasteiger partial charge in [-0.05, 0) is 17.7 Å². The number of nitrogens with one attached hydrogen (secondary N) is 1. The van der Waals surface area contributed by atoms with E-state index in [1.165, 1.54) is 0 Å². The van der Waals surface area contributed by atoms with Crippen molar-refractivity contribution in [3.63, 3.8) is 0 Å². The van der Waals surface area contributed by atoms with Crippen LogP contribution in [0.5, 0.6) is 0 Å². The van der Waals surface area contributed by atoms with Crippen LogP contribution in [0.1, 0.15) is 0 Å². The monoisotopic (exact) mass is 322 g/mol. The standard InChI is InChI=1S/C9H5Cl2FN4O2S/c10-7-2-8(15-9(11)14-7)16-19(17,18)6-1-5(12)3-13-4-6/h1-4H,(H,14,15,16).